The smallest absolute Gasteiger partial charge is 0.241 e. The number of nitrogens with one attached hydrogen (secondary N) is 1. The molecule has 0 aliphatic carbocycles. The minimum absolute atomic E-state index is 0.112. The van der Waals surface area contributed by atoms with Gasteiger partial charge in [-0.1, -0.05) is 42.5 Å². The van der Waals surface area contributed by atoms with Gasteiger partial charge in [0.1, 0.15) is 11.9 Å². The van der Waals surface area contributed by atoms with Gasteiger partial charge in [-0.15, -0.1) is 0 Å². The SMILES string of the molecule is Cn1c(C(NS(=O)(=O)c2ccc3c(c2)OCCCO3)c2ccccc2)nc2ccccc21. The van der Waals surface area contributed by atoms with Crippen LogP contribution in [-0.4, -0.2) is 31.2 Å². The first-order chi connectivity index (χ1) is 15.5. The van der Waals surface area contributed by atoms with Crippen LogP contribution in [0.15, 0.2) is 77.7 Å². The van der Waals surface area contributed by atoms with Crippen molar-refractivity contribution in [3.8, 4) is 11.5 Å². The first-order valence-electron chi connectivity index (χ1n) is 10.4. The minimum Gasteiger partial charge on any atom is -0.490 e. The Balaban J connectivity index is 1.57. The van der Waals surface area contributed by atoms with Gasteiger partial charge in [0.15, 0.2) is 11.5 Å². The second kappa shape index (κ2) is 8.29. The van der Waals surface area contributed by atoms with Gasteiger partial charge in [-0.3, -0.25) is 0 Å². The van der Waals surface area contributed by atoms with E-state index in [1.807, 2.05) is 66.2 Å². The lowest BCUT2D eigenvalue weighted by Gasteiger charge is -2.20. The van der Waals surface area contributed by atoms with Gasteiger partial charge in [0.2, 0.25) is 10.0 Å². The van der Waals surface area contributed by atoms with E-state index >= 15 is 0 Å². The molecular formula is C24H23N3O4S. The summed E-state index contributed by atoms with van der Waals surface area (Å²) < 4.78 is 43.0. The van der Waals surface area contributed by atoms with Crippen LogP contribution in [0, 0.1) is 0 Å². The third-order valence-corrected chi connectivity index (χ3v) is 6.94. The number of aryl methyl sites for hydroxylation is 1. The molecule has 1 N–H and O–H groups in total. The summed E-state index contributed by atoms with van der Waals surface area (Å²) in [5.41, 5.74) is 2.53. The summed E-state index contributed by atoms with van der Waals surface area (Å²) >= 11 is 0. The summed E-state index contributed by atoms with van der Waals surface area (Å²) in [6.07, 6.45) is 0.748. The average Bonchev–Trinajstić information content (AvgIpc) is 2.98. The van der Waals surface area contributed by atoms with E-state index in [0.717, 1.165) is 23.0 Å². The van der Waals surface area contributed by atoms with Gasteiger partial charge in [0.25, 0.3) is 0 Å². The molecule has 3 aromatic carbocycles. The van der Waals surface area contributed by atoms with Crippen LogP contribution in [0.1, 0.15) is 23.9 Å². The van der Waals surface area contributed by atoms with E-state index in [0.29, 0.717) is 30.5 Å². The molecule has 1 unspecified atom stereocenters. The molecule has 1 aromatic heterocycles. The normalized spacial score (nSPS) is 14.8. The molecule has 5 rings (SSSR count). The maximum absolute atomic E-state index is 13.4. The van der Waals surface area contributed by atoms with E-state index in [2.05, 4.69) is 4.72 Å². The molecule has 7 nitrogen and oxygen atoms in total. The molecule has 1 aliphatic rings. The third kappa shape index (κ3) is 3.83. The number of fused-ring (bicyclic) bond motifs is 2. The zero-order chi connectivity index (χ0) is 22.1. The quantitative estimate of drug-likeness (QED) is 0.501. The molecule has 0 amide bonds. The molecule has 1 atom stereocenters. The van der Waals surface area contributed by atoms with Gasteiger partial charge < -0.3 is 14.0 Å². The van der Waals surface area contributed by atoms with Crippen molar-refractivity contribution in [2.75, 3.05) is 13.2 Å². The molecule has 0 bridgehead atoms. The Hall–Kier alpha value is -3.36. The van der Waals surface area contributed by atoms with E-state index in [4.69, 9.17) is 14.5 Å². The van der Waals surface area contributed by atoms with Crippen LogP contribution >= 0.6 is 0 Å². The number of nitrogens with zero attached hydrogens (tertiary/aromatic N) is 2. The Morgan fingerprint density at radius 2 is 1.66 bits per heavy atom. The van der Waals surface area contributed by atoms with Crippen molar-refractivity contribution in [3.63, 3.8) is 0 Å². The molecule has 0 spiro atoms. The van der Waals surface area contributed by atoms with E-state index < -0.39 is 16.1 Å². The molecule has 0 saturated carbocycles. The Morgan fingerprint density at radius 3 is 2.44 bits per heavy atom. The first-order valence-corrected chi connectivity index (χ1v) is 11.9. The Kier molecular flexibility index (Phi) is 5.32. The van der Waals surface area contributed by atoms with Gasteiger partial charge in [0.05, 0.1) is 29.1 Å². The molecule has 1 aliphatic heterocycles. The van der Waals surface area contributed by atoms with E-state index in [-0.39, 0.29) is 4.90 Å². The second-order valence-corrected chi connectivity index (χ2v) is 9.36. The van der Waals surface area contributed by atoms with Crippen LogP contribution in [0.25, 0.3) is 11.0 Å². The van der Waals surface area contributed by atoms with E-state index in [1.54, 1.807) is 6.07 Å². The summed E-state index contributed by atoms with van der Waals surface area (Å²) in [7, 11) is -2.00. The van der Waals surface area contributed by atoms with Gasteiger partial charge in [-0.2, -0.15) is 4.72 Å². The highest BCUT2D eigenvalue weighted by molar-refractivity contribution is 7.89. The zero-order valence-electron chi connectivity index (χ0n) is 17.6. The Morgan fingerprint density at radius 1 is 0.938 bits per heavy atom. The largest absolute Gasteiger partial charge is 0.490 e. The molecule has 0 fully saturated rings. The lowest BCUT2D eigenvalue weighted by Crippen LogP contribution is -2.31. The predicted octanol–water partition coefficient (Wildman–Crippen LogP) is 3.80. The van der Waals surface area contributed by atoms with Crippen LogP contribution in [0.2, 0.25) is 0 Å². The number of hydrogen-bond donors (Lipinski definition) is 1. The first kappa shape index (κ1) is 20.5. The number of ether oxygens (including phenoxy) is 2. The van der Waals surface area contributed by atoms with E-state index in [1.165, 1.54) is 12.1 Å². The van der Waals surface area contributed by atoms with Crippen molar-refractivity contribution >= 4 is 21.1 Å². The highest BCUT2D eigenvalue weighted by Crippen LogP contribution is 2.33. The van der Waals surface area contributed by atoms with Crippen molar-refractivity contribution in [2.24, 2.45) is 7.05 Å². The van der Waals surface area contributed by atoms with Gasteiger partial charge in [-0.05, 0) is 29.8 Å². The topological polar surface area (TPSA) is 82.5 Å². The lowest BCUT2D eigenvalue weighted by molar-refractivity contribution is 0.297. The lowest BCUT2D eigenvalue weighted by atomic mass is 10.1. The fourth-order valence-electron chi connectivity index (χ4n) is 3.87. The van der Waals surface area contributed by atoms with Crippen molar-refractivity contribution in [1.82, 2.24) is 14.3 Å². The third-order valence-electron chi connectivity index (χ3n) is 5.52. The predicted molar refractivity (Wildman–Crippen MR) is 121 cm³/mol. The summed E-state index contributed by atoms with van der Waals surface area (Å²) in [6.45, 7) is 1.02. The van der Waals surface area contributed by atoms with Gasteiger partial charge in [0, 0.05) is 19.5 Å². The number of para-hydroxylation sites is 2. The molecule has 164 valence electrons. The molecular weight excluding hydrogens is 426 g/mol. The van der Waals surface area contributed by atoms with Crippen molar-refractivity contribution in [1.29, 1.82) is 0 Å². The average molecular weight is 450 g/mol. The monoisotopic (exact) mass is 449 g/mol. The van der Waals surface area contributed by atoms with Crippen LogP contribution in [0.4, 0.5) is 0 Å². The number of hydrogen-bond acceptors (Lipinski definition) is 5. The van der Waals surface area contributed by atoms with Crippen LogP contribution < -0.4 is 14.2 Å². The highest BCUT2D eigenvalue weighted by atomic mass is 32.2. The summed E-state index contributed by atoms with van der Waals surface area (Å²) in [5, 5.41) is 0. The molecule has 32 heavy (non-hydrogen) atoms. The van der Waals surface area contributed by atoms with Crippen molar-refractivity contribution < 1.29 is 17.9 Å². The van der Waals surface area contributed by atoms with Crippen LogP contribution in [-0.2, 0) is 17.1 Å². The number of rotatable bonds is 5. The summed E-state index contributed by atoms with van der Waals surface area (Å²) in [6, 6.07) is 21.2. The van der Waals surface area contributed by atoms with Gasteiger partial charge in [-0.25, -0.2) is 13.4 Å². The molecule has 2 heterocycles. The molecule has 0 radical (unpaired) electrons. The number of benzene rings is 3. The zero-order valence-corrected chi connectivity index (χ0v) is 18.4. The second-order valence-electron chi connectivity index (χ2n) is 7.64. The number of imidazole rings is 1. The van der Waals surface area contributed by atoms with Crippen molar-refractivity contribution in [3.05, 3.63) is 84.2 Å². The molecule has 8 heteroatoms. The molecule has 0 saturated heterocycles. The van der Waals surface area contributed by atoms with Gasteiger partial charge >= 0.3 is 0 Å². The van der Waals surface area contributed by atoms with Crippen LogP contribution in [0.3, 0.4) is 0 Å². The Labute approximate surface area is 186 Å². The van der Waals surface area contributed by atoms with Crippen molar-refractivity contribution in [2.45, 2.75) is 17.4 Å². The highest BCUT2D eigenvalue weighted by Gasteiger charge is 2.28. The fraction of sp³-hybridized carbons (Fsp3) is 0.208. The summed E-state index contributed by atoms with van der Waals surface area (Å²) in [4.78, 5) is 4.85. The number of sulfonamides is 1. The minimum atomic E-state index is -3.89. The maximum atomic E-state index is 13.4. The standard InChI is InChI=1S/C24H23N3O4S/c1-27-20-11-6-5-10-19(20)25-24(27)23(17-8-3-2-4-9-17)26-32(28,29)18-12-13-21-22(16-18)31-15-7-14-30-21/h2-6,8-13,16,23,26H,7,14-15H2,1H3. The maximum Gasteiger partial charge on any atom is 0.241 e. The molecule has 4 aromatic rings. The van der Waals surface area contributed by atoms with E-state index in [9.17, 15) is 8.42 Å². The Bertz CT molecular complexity index is 1370. The number of aromatic nitrogens is 2. The summed E-state index contributed by atoms with van der Waals surface area (Å²) in [5.74, 6) is 1.59. The fourth-order valence-corrected chi connectivity index (χ4v) is 5.07. The van der Waals surface area contributed by atoms with Crippen LogP contribution in [0.5, 0.6) is 11.5 Å².